The van der Waals surface area contributed by atoms with E-state index in [4.69, 9.17) is 0 Å². The van der Waals surface area contributed by atoms with E-state index in [9.17, 15) is 0 Å². The van der Waals surface area contributed by atoms with Gasteiger partial charge in [0.2, 0.25) is 0 Å². The van der Waals surface area contributed by atoms with Gasteiger partial charge in [0, 0.05) is 55.4 Å². The Morgan fingerprint density at radius 1 is 1.25 bits per heavy atom. The molecule has 2 aromatic rings. The number of halogens is 1. The molecule has 0 amide bonds. The predicted octanol–water partition coefficient (Wildman–Crippen LogP) is 3.60. The third-order valence-electron chi connectivity index (χ3n) is 3.26. The summed E-state index contributed by atoms with van der Waals surface area (Å²) < 4.78 is 0. The summed E-state index contributed by atoms with van der Waals surface area (Å²) in [5.41, 5.74) is 1.15. The first-order valence-corrected chi connectivity index (χ1v) is 9.58. The Labute approximate surface area is 169 Å². The summed E-state index contributed by atoms with van der Waals surface area (Å²) in [6.07, 6.45) is 3.75. The van der Waals surface area contributed by atoms with E-state index in [1.807, 2.05) is 6.20 Å². The molecule has 2 N–H and O–H groups in total. The lowest BCUT2D eigenvalue weighted by Crippen LogP contribution is -2.39. The summed E-state index contributed by atoms with van der Waals surface area (Å²) in [7, 11) is 1.79. The van der Waals surface area contributed by atoms with Crippen LogP contribution in [-0.4, -0.2) is 36.1 Å². The van der Waals surface area contributed by atoms with Crippen LogP contribution in [0.3, 0.4) is 0 Å². The lowest BCUT2D eigenvalue weighted by atomic mass is 10.2. The highest BCUT2D eigenvalue weighted by Gasteiger charge is 2.06. The molecule has 24 heavy (non-hydrogen) atoms. The Hall–Kier alpha value is -0.740. The molecule has 0 fully saturated rings. The number of thiazole rings is 2. The van der Waals surface area contributed by atoms with Crippen molar-refractivity contribution in [3.63, 3.8) is 0 Å². The Bertz CT molecular complexity index is 636. The second kappa shape index (κ2) is 11.0. The Morgan fingerprint density at radius 2 is 1.96 bits per heavy atom. The van der Waals surface area contributed by atoms with Crippen LogP contribution in [0.25, 0.3) is 0 Å². The highest BCUT2D eigenvalue weighted by atomic mass is 127. The minimum Gasteiger partial charge on any atom is -0.356 e. The van der Waals surface area contributed by atoms with Gasteiger partial charge in [-0.2, -0.15) is 0 Å². The van der Waals surface area contributed by atoms with Gasteiger partial charge in [0.25, 0.3) is 0 Å². The fourth-order valence-corrected chi connectivity index (χ4v) is 3.69. The molecule has 0 aliphatic rings. The average Bonchev–Trinajstić information content (AvgIpc) is 3.15. The van der Waals surface area contributed by atoms with Gasteiger partial charge in [-0.25, -0.2) is 9.97 Å². The van der Waals surface area contributed by atoms with Crippen molar-refractivity contribution in [1.29, 1.82) is 0 Å². The third-order valence-corrected chi connectivity index (χ3v) is 5.43. The molecule has 2 rings (SSSR count). The number of nitrogens with zero attached hydrogens (tertiary/aromatic N) is 3. The van der Waals surface area contributed by atoms with Crippen molar-refractivity contribution in [3.8, 4) is 0 Å². The second-order valence-electron chi connectivity index (χ2n) is 5.62. The van der Waals surface area contributed by atoms with Crippen LogP contribution in [0.15, 0.2) is 16.6 Å². The predicted molar refractivity (Wildman–Crippen MR) is 115 cm³/mol. The lowest BCUT2D eigenvalue weighted by molar-refractivity contribution is 0.769. The minimum atomic E-state index is 0. The van der Waals surface area contributed by atoms with Crippen LogP contribution in [0.1, 0.15) is 40.4 Å². The van der Waals surface area contributed by atoms with Crippen LogP contribution < -0.4 is 10.6 Å². The molecule has 8 heteroatoms. The Balaban J connectivity index is 0.00000288. The number of hydrogen-bond donors (Lipinski definition) is 2. The normalized spacial score (nSPS) is 11.5. The van der Waals surface area contributed by atoms with E-state index in [2.05, 4.69) is 51.7 Å². The molecule has 0 aromatic carbocycles. The molecular formula is C16H26IN5S2. The van der Waals surface area contributed by atoms with Crippen molar-refractivity contribution in [1.82, 2.24) is 20.6 Å². The highest BCUT2D eigenvalue weighted by Crippen LogP contribution is 2.19. The van der Waals surface area contributed by atoms with Crippen LogP contribution >= 0.6 is 46.7 Å². The lowest BCUT2D eigenvalue weighted by Gasteiger charge is -2.10. The molecule has 0 atom stereocenters. The standard InChI is InChI=1S/C16H25N5S2.HI/c1-11(2)15-21-13(10-22-15)5-7-18-16(17-4)19-8-6-14-20-9-12(3)23-14;/h9-11H,5-8H2,1-4H3,(H2,17,18,19);1H. The number of rotatable bonds is 7. The number of guanidine groups is 1. The number of hydrogen-bond acceptors (Lipinski definition) is 5. The van der Waals surface area contributed by atoms with Gasteiger partial charge in [-0.05, 0) is 6.92 Å². The van der Waals surface area contributed by atoms with Gasteiger partial charge in [-0.15, -0.1) is 46.7 Å². The quantitative estimate of drug-likeness (QED) is 0.362. The van der Waals surface area contributed by atoms with E-state index in [0.717, 1.165) is 42.6 Å². The van der Waals surface area contributed by atoms with E-state index in [1.54, 1.807) is 29.7 Å². The maximum atomic E-state index is 4.65. The first-order chi connectivity index (χ1) is 11.1. The number of aromatic nitrogens is 2. The molecule has 0 saturated heterocycles. The first kappa shape index (κ1) is 21.3. The van der Waals surface area contributed by atoms with Gasteiger partial charge >= 0.3 is 0 Å². The minimum absolute atomic E-state index is 0. The molecule has 0 aliphatic heterocycles. The zero-order chi connectivity index (χ0) is 16.7. The zero-order valence-corrected chi connectivity index (χ0v) is 18.6. The average molecular weight is 479 g/mol. The summed E-state index contributed by atoms with van der Waals surface area (Å²) in [5, 5.41) is 11.2. The summed E-state index contributed by atoms with van der Waals surface area (Å²) in [4.78, 5) is 14.5. The molecule has 2 aromatic heterocycles. The van der Waals surface area contributed by atoms with Crippen LogP contribution in [0.4, 0.5) is 0 Å². The molecule has 0 aliphatic carbocycles. The number of aliphatic imine (C=N–C) groups is 1. The van der Waals surface area contributed by atoms with Crippen LogP contribution in [0.2, 0.25) is 0 Å². The molecule has 0 radical (unpaired) electrons. The SMILES string of the molecule is CN=C(NCCc1csc(C(C)C)n1)NCCc1ncc(C)s1.I. The van der Waals surface area contributed by atoms with Gasteiger partial charge in [0.1, 0.15) is 0 Å². The van der Waals surface area contributed by atoms with E-state index in [-0.39, 0.29) is 24.0 Å². The zero-order valence-electron chi connectivity index (χ0n) is 14.6. The maximum absolute atomic E-state index is 4.65. The van der Waals surface area contributed by atoms with Crippen molar-refractivity contribution in [2.45, 2.75) is 39.5 Å². The largest absolute Gasteiger partial charge is 0.356 e. The van der Waals surface area contributed by atoms with Crippen molar-refractivity contribution in [3.05, 3.63) is 32.2 Å². The molecule has 2 heterocycles. The van der Waals surface area contributed by atoms with Crippen LogP contribution in [-0.2, 0) is 12.8 Å². The Kier molecular flexibility index (Phi) is 9.75. The molecule has 0 saturated carbocycles. The molecular weight excluding hydrogens is 453 g/mol. The monoisotopic (exact) mass is 479 g/mol. The maximum Gasteiger partial charge on any atom is 0.191 e. The Morgan fingerprint density at radius 3 is 2.50 bits per heavy atom. The first-order valence-electron chi connectivity index (χ1n) is 7.88. The molecule has 0 spiro atoms. The smallest absolute Gasteiger partial charge is 0.191 e. The van der Waals surface area contributed by atoms with Gasteiger partial charge < -0.3 is 10.6 Å². The second-order valence-corrected chi connectivity index (χ2v) is 7.83. The summed E-state index contributed by atoms with van der Waals surface area (Å²) in [6, 6.07) is 0. The van der Waals surface area contributed by atoms with E-state index in [1.165, 1.54) is 9.88 Å². The third kappa shape index (κ3) is 7.02. The van der Waals surface area contributed by atoms with Crippen molar-refractivity contribution in [2.75, 3.05) is 20.1 Å². The van der Waals surface area contributed by atoms with Gasteiger partial charge in [0.15, 0.2) is 5.96 Å². The molecule has 0 unspecified atom stereocenters. The highest BCUT2D eigenvalue weighted by molar-refractivity contribution is 14.0. The van der Waals surface area contributed by atoms with E-state index < -0.39 is 0 Å². The number of aryl methyl sites for hydroxylation is 1. The molecule has 134 valence electrons. The fourth-order valence-electron chi connectivity index (χ4n) is 2.04. The molecule has 0 bridgehead atoms. The van der Waals surface area contributed by atoms with E-state index in [0.29, 0.717) is 5.92 Å². The number of nitrogens with one attached hydrogen (secondary N) is 2. The summed E-state index contributed by atoms with van der Waals surface area (Å²) >= 11 is 3.49. The van der Waals surface area contributed by atoms with Gasteiger partial charge in [-0.1, -0.05) is 13.8 Å². The molecule has 5 nitrogen and oxygen atoms in total. The van der Waals surface area contributed by atoms with E-state index >= 15 is 0 Å². The topological polar surface area (TPSA) is 62.2 Å². The van der Waals surface area contributed by atoms with Crippen LogP contribution in [0.5, 0.6) is 0 Å². The summed E-state index contributed by atoms with van der Waals surface area (Å²) in [6.45, 7) is 8.10. The van der Waals surface area contributed by atoms with Crippen LogP contribution in [0, 0.1) is 6.92 Å². The van der Waals surface area contributed by atoms with Crippen molar-refractivity contribution < 1.29 is 0 Å². The summed E-state index contributed by atoms with van der Waals surface area (Å²) in [5.74, 6) is 1.34. The van der Waals surface area contributed by atoms with Gasteiger partial charge in [-0.3, -0.25) is 4.99 Å². The fraction of sp³-hybridized carbons (Fsp3) is 0.562. The van der Waals surface area contributed by atoms with Crippen molar-refractivity contribution >= 4 is 52.6 Å². The van der Waals surface area contributed by atoms with Gasteiger partial charge in [0.05, 0.1) is 15.7 Å². The van der Waals surface area contributed by atoms with Crippen molar-refractivity contribution in [2.24, 2.45) is 4.99 Å².